The average molecular weight is 352 g/mol. The van der Waals surface area contributed by atoms with Crippen molar-refractivity contribution < 1.29 is 14.5 Å². The number of non-ortho nitro benzene ring substituents is 1. The molecule has 2 aromatic rings. The van der Waals surface area contributed by atoms with E-state index in [1.165, 1.54) is 38.1 Å². The van der Waals surface area contributed by atoms with Gasteiger partial charge in [-0.05, 0) is 24.6 Å². The molecule has 0 aliphatic rings. The molecule has 0 aromatic heterocycles. The lowest BCUT2D eigenvalue weighted by Gasteiger charge is -2.27. The fraction of sp³-hybridized carbons (Fsp3) is 0.222. The van der Waals surface area contributed by atoms with Gasteiger partial charge in [0, 0.05) is 19.1 Å². The zero-order valence-corrected chi connectivity index (χ0v) is 14.2. The predicted molar refractivity (Wildman–Crippen MR) is 92.6 cm³/mol. The van der Waals surface area contributed by atoms with Crippen LogP contribution < -0.4 is 0 Å². The number of carbonyl (C=O) groups is 1. The highest BCUT2D eigenvalue weighted by Gasteiger charge is 2.39. The van der Waals surface area contributed by atoms with Gasteiger partial charge in [0.25, 0.3) is 5.69 Å². The third-order valence-corrected chi connectivity index (χ3v) is 3.56. The summed E-state index contributed by atoms with van der Waals surface area (Å²) < 4.78 is 5.20. The van der Waals surface area contributed by atoms with E-state index in [1.54, 1.807) is 24.3 Å². The van der Waals surface area contributed by atoms with E-state index in [4.69, 9.17) is 4.74 Å². The number of nitriles is 1. The number of esters is 1. The molecular weight excluding hydrogens is 336 g/mol. The van der Waals surface area contributed by atoms with Crippen LogP contribution in [-0.2, 0) is 9.53 Å². The van der Waals surface area contributed by atoms with Gasteiger partial charge in [-0.1, -0.05) is 30.3 Å². The van der Waals surface area contributed by atoms with Crippen LogP contribution in [0.15, 0.2) is 64.8 Å². The molecule has 0 bridgehead atoms. The first-order valence-corrected chi connectivity index (χ1v) is 7.67. The number of carbonyl (C=O) groups excluding carboxylic acids is 1. The highest BCUT2D eigenvalue weighted by atomic mass is 16.6. The van der Waals surface area contributed by atoms with Crippen molar-refractivity contribution in [1.82, 2.24) is 0 Å². The molecule has 0 heterocycles. The highest BCUT2D eigenvalue weighted by molar-refractivity contribution is 5.67. The second-order valence-corrected chi connectivity index (χ2v) is 5.61. The third-order valence-electron chi connectivity index (χ3n) is 3.56. The largest absolute Gasteiger partial charge is 0.441 e. The number of nitro groups is 1. The number of nitrogens with zero attached hydrogens (tertiary/aromatic N) is 4. The second-order valence-electron chi connectivity index (χ2n) is 5.61. The molecule has 8 nitrogen and oxygen atoms in total. The van der Waals surface area contributed by atoms with E-state index < -0.39 is 22.5 Å². The summed E-state index contributed by atoms with van der Waals surface area (Å²) in [5.74, 6) is -0.611. The van der Waals surface area contributed by atoms with Gasteiger partial charge >= 0.3 is 5.97 Å². The molecule has 0 amide bonds. The Morgan fingerprint density at radius 1 is 1.23 bits per heavy atom. The number of ether oxygens (including phenoxy) is 1. The van der Waals surface area contributed by atoms with Gasteiger partial charge in [-0.3, -0.25) is 14.9 Å². The Labute approximate surface area is 149 Å². The highest BCUT2D eigenvalue weighted by Crippen LogP contribution is 2.34. The van der Waals surface area contributed by atoms with Gasteiger partial charge in [0.05, 0.1) is 10.6 Å². The van der Waals surface area contributed by atoms with Gasteiger partial charge in [-0.25, -0.2) is 0 Å². The predicted octanol–water partition coefficient (Wildman–Crippen LogP) is 4.27. The van der Waals surface area contributed by atoms with E-state index in [0.29, 0.717) is 11.3 Å². The minimum atomic E-state index is -1.56. The van der Waals surface area contributed by atoms with Crippen molar-refractivity contribution in [2.45, 2.75) is 25.5 Å². The normalized spacial score (nSPS) is 14.2. The summed E-state index contributed by atoms with van der Waals surface area (Å²) in [5.41, 5.74) is -0.606. The fourth-order valence-electron chi connectivity index (χ4n) is 2.33. The van der Waals surface area contributed by atoms with Crippen molar-refractivity contribution in [1.29, 1.82) is 5.26 Å². The van der Waals surface area contributed by atoms with Crippen molar-refractivity contribution >= 4 is 17.3 Å². The molecular formula is C18H16N4O4. The summed E-state index contributed by atoms with van der Waals surface area (Å²) >= 11 is 0. The molecule has 0 fully saturated rings. The van der Waals surface area contributed by atoms with Crippen LogP contribution in [0.25, 0.3) is 0 Å². The summed E-state index contributed by atoms with van der Waals surface area (Å²) in [5, 5.41) is 28.5. The monoisotopic (exact) mass is 352 g/mol. The fourth-order valence-corrected chi connectivity index (χ4v) is 2.33. The van der Waals surface area contributed by atoms with Crippen LogP contribution >= 0.6 is 0 Å². The number of benzene rings is 2. The smallest absolute Gasteiger partial charge is 0.304 e. The van der Waals surface area contributed by atoms with Crippen LogP contribution in [0.3, 0.4) is 0 Å². The molecule has 2 aromatic carbocycles. The van der Waals surface area contributed by atoms with Gasteiger partial charge in [0.1, 0.15) is 12.1 Å². The van der Waals surface area contributed by atoms with Gasteiger partial charge < -0.3 is 4.74 Å². The van der Waals surface area contributed by atoms with Gasteiger partial charge in [-0.15, -0.1) is 0 Å². The van der Waals surface area contributed by atoms with Crippen LogP contribution in [0.5, 0.6) is 0 Å². The minimum Gasteiger partial charge on any atom is -0.441 e. The van der Waals surface area contributed by atoms with E-state index in [-0.39, 0.29) is 5.69 Å². The Hall–Kier alpha value is -3.60. The molecule has 0 saturated heterocycles. The second kappa shape index (κ2) is 7.98. The van der Waals surface area contributed by atoms with Crippen LogP contribution in [0.2, 0.25) is 0 Å². The number of hydrogen-bond acceptors (Lipinski definition) is 7. The maximum atomic E-state index is 11.4. The number of hydrogen-bond donors (Lipinski definition) is 0. The molecule has 0 aliphatic carbocycles. The minimum absolute atomic E-state index is 0.0645. The lowest BCUT2D eigenvalue weighted by atomic mass is 9.92. The Morgan fingerprint density at radius 3 is 2.35 bits per heavy atom. The zero-order chi connectivity index (χ0) is 19.2. The van der Waals surface area contributed by atoms with Crippen molar-refractivity contribution in [2.24, 2.45) is 10.2 Å². The maximum Gasteiger partial charge on any atom is 0.304 e. The zero-order valence-electron chi connectivity index (χ0n) is 14.2. The lowest BCUT2D eigenvalue weighted by molar-refractivity contribution is -0.384. The third kappa shape index (κ3) is 4.48. The number of nitro benzene ring substituents is 1. The van der Waals surface area contributed by atoms with E-state index in [9.17, 15) is 20.2 Å². The first-order valence-electron chi connectivity index (χ1n) is 7.67. The lowest BCUT2D eigenvalue weighted by Crippen LogP contribution is -2.35. The van der Waals surface area contributed by atoms with Crippen LogP contribution in [0.4, 0.5) is 11.4 Å². The molecule has 2 rings (SSSR count). The molecule has 26 heavy (non-hydrogen) atoms. The van der Waals surface area contributed by atoms with E-state index in [2.05, 4.69) is 10.2 Å². The van der Waals surface area contributed by atoms with Gasteiger partial charge in [-0.2, -0.15) is 15.5 Å². The Balaban J connectivity index is 2.40. The molecule has 2 atom stereocenters. The van der Waals surface area contributed by atoms with Crippen molar-refractivity contribution in [3.05, 3.63) is 70.3 Å². The average Bonchev–Trinajstić information content (AvgIpc) is 2.62. The molecule has 132 valence electrons. The first-order chi connectivity index (χ1) is 12.4. The number of azo groups is 1. The molecule has 0 radical (unpaired) electrons. The van der Waals surface area contributed by atoms with Crippen LogP contribution in [-0.4, -0.2) is 16.5 Å². The summed E-state index contributed by atoms with van der Waals surface area (Å²) in [6.45, 7) is 2.67. The quantitative estimate of drug-likeness (QED) is 0.333. The summed E-state index contributed by atoms with van der Waals surface area (Å²) in [7, 11) is 0. The Kier molecular flexibility index (Phi) is 5.75. The Morgan fingerprint density at radius 2 is 1.85 bits per heavy atom. The molecule has 0 N–H and O–H groups in total. The van der Waals surface area contributed by atoms with Crippen LogP contribution in [0.1, 0.15) is 25.5 Å². The maximum absolute atomic E-state index is 11.4. The van der Waals surface area contributed by atoms with E-state index in [1.807, 2.05) is 12.1 Å². The van der Waals surface area contributed by atoms with E-state index >= 15 is 0 Å². The van der Waals surface area contributed by atoms with Crippen molar-refractivity contribution in [2.75, 3.05) is 0 Å². The standard InChI is InChI=1S/C18H16N4O4/c1-13(23)26-18(2,12-19)17(14-6-4-3-5-7-14)21-20-15-8-10-16(11-9-15)22(24)25/h3-11,17H,1-2H3. The summed E-state index contributed by atoms with van der Waals surface area (Å²) in [6.07, 6.45) is 0. The molecule has 0 saturated carbocycles. The molecule has 8 heteroatoms. The van der Waals surface area contributed by atoms with Crippen molar-refractivity contribution in [3.8, 4) is 6.07 Å². The van der Waals surface area contributed by atoms with Gasteiger partial charge in [0.2, 0.25) is 5.60 Å². The van der Waals surface area contributed by atoms with Crippen molar-refractivity contribution in [3.63, 3.8) is 0 Å². The SMILES string of the molecule is CC(=O)OC(C)(C#N)C(N=Nc1ccc([N+](=O)[O-])cc1)c1ccccc1. The molecule has 2 unspecified atom stereocenters. The number of rotatable bonds is 6. The first kappa shape index (κ1) is 18.7. The topological polar surface area (TPSA) is 118 Å². The van der Waals surface area contributed by atoms with E-state index in [0.717, 1.165) is 0 Å². The molecule has 0 spiro atoms. The summed E-state index contributed by atoms with van der Waals surface area (Å²) in [4.78, 5) is 21.6. The summed E-state index contributed by atoms with van der Waals surface area (Å²) in [6, 6.07) is 15.5. The van der Waals surface area contributed by atoms with Gasteiger partial charge in [0.15, 0.2) is 0 Å². The van der Waals surface area contributed by atoms with Crippen LogP contribution in [0, 0.1) is 21.4 Å². The molecule has 0 aliphatic heterocycles. The Bertz CT molecular complexity index is 859.